The van der Waals surface area contributed by atoms with Crippen LogP contribution in [0.2, 0.25) is 0 Å². The molecule has 108 valence electrons. The van der Waals surface area contributed by atoms with Gasteiger partial charge in [-0.25, -0.2) is 9.97 Å². The summed E-state index contributed by atoms with van der Waals surface area (Å²) in [6, 6.07) is 8.88. The van der Waals surface area contributed by atoms with E-state index in [-0.39, 0.29) is 5.91 Å². The summed E-state index contributed by atoms with van der Waals surface area (Å²) in [5.41, 5.74) is 0.567. The van der Waals surface area contributed by atoms with E-state index < -0.39 is 0 Å². The molecule has 2 aromatic heterocycles. The minimum atomic E-state index is -0.189. The normalized spacial score (nSPS) is 14.8. The molecule has 1 fully saturated rings. The molecule has 6 nitrogen and oxygen atoms in total. The highest BCUT2D eigenvalue weighted by Gasteiger charge is 2.14. The van der Waals surface area contributed by atoms with Gasteiger partial charge in [0.05, 0.1) is 13.2 Å². The lowest BCUT2D eigenvalue weighted by Crippen LogP contribution is -2.36. The zero-order chi connectivity index (χ0) is 14.5. The Morgan fingerprint density at radius 1 is 1.14 bits per heavy atom. The largest absolute Gasteiger partial charge is 0.378 e. The third-order valence-electron chi connectivity index (χ3n) is 3.25. The zero-order valence-electron chi connectivity index (χ0n) is 11.5. The Kier molecular flexibility index (Phi) is 4.07. The Morgan fingerprint density at radius 2 is 2.00 bits per heavy atom. The standard InChI is InChI=1S/C15H16N4O2/c20-15(18-13-3-1-2-5-16-13)12-4-6-17-14(11-12)19-7-9-21-10-8-19/h1-6,11H,7-10H2,(H,16,18,20). The van der Waals surface area contributed by atoms with Crippen LogP contribution in [0.3, 0.4) is 0 Å². The van der Waals surface area contributed by atoms with E-state index in [1.165, 1.54) is 0 Å². The number of amides is 1. The topological polar surface area (TPSA) is 67.4 Å². The van der Waals surface area contributed by atoms with E-state index in [0.717, 1.165) is 18.9 Å². The number of nitrogens with zero attached hydrogens (tertiary/aromatic N) is 3. The van der Waals surface area contributed by atoms with Crippen LogP contribution in [0.4, 0.5) is 11.6 Å². The predicted octanol–water partition coefficient (Wildman–Crippen LogP) is 1.57. The Hall–Kier alpha value is -2.47. The molecule has 1 N–H and O–H groups in total. The molecule has 0 bridgehead atoms. The number of carbonyl (C=O) groups excluding carboxylic acids is 1. The van der Waals surface area contributed by atoms with E-state index in [1.807, 2.05) is 6.07 Å². The predicted molar refractivity (Wildman–Crippen MR) is 79.5 cm³/mol. The minimum Gasteiger partial charge on any atom is -0.378 e. The number of nitrogens with one attached hydrogen (secondary N) is 1. The van der Waals surface area contributed by atoms with Gasteiger partial charge in [0, 0.05) is 31.0 Å². The molecule has 0 spiro atoms. The van der Waals surface area contributed by atoms with Crippen LogP contribution in [0.1, 0.15) is 10.4 Å². The van der Waals surface area contributed by atoms with Crippen LogP contribution < -0.4 is 10.2 Å². The van der Waals surface area contributed by atoms with E-state index in [2.05, 4.69) is 20.2 Å². The van der Waals surface area contributed by atoms with Gasteiger partial charge >= 0.3 is 0 Å². The van der Waals surface area contributed by atoms with Crippen LogP contribution in [0, 0.1) is 0 Å². The van der Waals surface area contributed by atoms with Gasteiger partial charge in [0.15, 0.2) is 0 Å². The molecule has 0 radical (unpaired) electrons. The molecular weight excluding hydrogens is 268 g/mol. The minimum absolute atomic E-state index is 0.189. The SMILES string of the molecule is O=C(Nc1ccccn1)c1ccnc(N2CCOCC2)c1. The Morgan fingerprint density at radius 3 is 2.76 bits per heavy atom. The van der Waals surface area contributed by atoms with Crippen LogP contribution in [0.25, 0.3) is 0 Å². The first kappa shape index (κ1) is 13.5. The molecule has 1 amide bonds. The molecule has 0 aliphatic carbocycles. The number of ether oxygens (including phenoxy) is 1. The van der Waals surface area contributed by atoms with Crippen molar-refractivity contribution in [1.82, 2.24) is 9.97 Å². The number of pyridine rings is 2. The van der Waals surface area contributed by atoms with E-state index in [9.17, 15) is 4.79 Å². The number of carbonyl (C=O) groups is 1. The van der Waals surface area contributed by atoms with Crippen LogP contribution in [-0.4, -0.2) is 42.2 Å². The van der Waals surface area contributed by atoms with Gasteiger partial charge in [0.2, 0.25) is 0 Å². The van der Waals surface area contributed by atoms with Crippen molar-refractivity contribution in [3.05, 3.63) is 48.3 Å². The first-order chi connectivity index (χ1) is 10.3. The first-order valence-corrected chi connectivity index (χ1v) is 6.84. The van der Waals surface area contributed by atoms with Gasteiger partial charge < -0.3 is 15.0 Å². The van der Waals surface area contributed by atoms with Crippen LogP contribution in [0.15, 0.2) is 42.7 Å². The van der Waals surface area contributed by atoms with Crippen molar-refractivity contribution in [2.24, 2.45) is 0 Å². The zero-order valence-corrected chi connectivity index (χ0v) is 11.5. The van der Waals surface area contributed by atoms with Gasteiger partial charge in [-0.05, 0) is 24.3 Å². The summed E-state index contributed by atoms with van der Waals surface area (Å²) in [4.78, 5) is 22.7. The maximum Gasteiger partial charge on any atom is 0.257 e. The van der Waals surface area contributed by atoms with Crippen molar-refractivity contribution in [3.8, 4) is 0 Å². The Bertz CT molecular complexity index is 612. The molecule has 3 heterocycles. The number of morpholine rings is 1. The molecule has 0 aromatic carbocycles. The third kappa shape index (κ3) is 3.35. The molecule has 3 rings (SSSR count). The summed E-state index contributed by atoms with van der Waals surface area (Å²) < 4.78 is 5.32. The van der Waals surface area contributed by atoms with Crippen molar-refractivity contribution >= 4 is 17.5 Å². The average Bonchev–Trinajstić information content (AvgIpc) is 2.57. The molecule has 21 heavy (non-hydrogen) atoms. The Labute approximate surface area is 122 Å². The molecule has 1 saturated heterocycles. The third-order valence-corrected chi connectivity index (χ3v) is 3.25. The number of aromatic nitrogens is 2. The summed E-state index contributed by atoms with van der Waals surface area (Å²) in [7, 11) is 0. The summed E-state index contributed by atoms with van der Waals surface area (Å²) in [5, 5.41) is 2.77. The lowest BCUT2D eigenvalue weighted by molar-refractivity contribution is 0.102. The van der Waals surface area contributed by atoms with Crippen molar-refractivity contribution in [1.29, 1.82) is 0 Å². The van der Waals surface area contributed by atoms with E-state index in [1.54, 1.807) is 36.7 Å². The first-order valence-electron chi connectivity index (χ1n) is 6.84. The number of anilines is 2. The van der Waals surface area contributed by atoms with E-state index in [4.69, 9.17) is 4.74 Å². The molecular formula is C15H16N4O2. The van der Waals surface area contributed by atoms with Gasteiger partial charge in [-0.2, -0.15) is 0 Å². The van der Waals surface area contributed by atoms with Crippen LogP contribution in [-0.2, 0) is 4.74 Å². The number of rotatable bonds is 3. The fraction of sp³-hybridized carbons (Fsp3) is 0.267. The number of hydrogen-bond acceptors (Lipinski definition) is 5. The Balaban J connectivity index is 1.74. The molecule has 0 atom stereocenters. The fourth-order valence-electron chi connectivity index (χ4n) is 2.15. The van der Waals surface area contributed by atoms with Crippen molar-refractivity contribution in [2.75, 3.05) is 36.5 Å². The van der Waals surface area contributed by atoms with Gasteiger partial charge in [-0.3, -0.25) is 4.79 Å². The van der Waals surface area contributed by atoms with Crippen molar-refractivity contribution in [2.45, 2.75) is 0 Å². The molecule has 0 unspecified atom stereocenters. The molecule has 2 aromatic rings. The van der Waals surface area contributed by atoms with Crippen molar-refractivity contribution in [3.63, 3.8) is 0 Å². The highest BCUT2D eigenvalue weighted by atomic mass is 16.5. The van der Waals surface area contributed by atoms with Crippen LogP contribution in [0.5, 0.6) is 0 Å². The van der Waals surface area contributed by atoms with Gasteiger partial charge in [0.1, 0.15) is 11.6 Å². The van der Waals surface area contributed by atoms with Gasteiger partial charge in [-0.1, -0.05) is 6.07 Å². The second-order valence-corrected chi connectivity index (χ2v) is 4.67. The molecule has 1 aliphatic rings. The lowest BCUT2D eigenvalue weighted by atomic mass is 10.2. The lowest BCUT2D eigenvalue weighted by Gasteiger charge is -2.27. The maximum atomic E-state index is 12.2. The monoisotopic (exact) mass is 284 g/mol. The molecule has 0 saturated carbocycles. The van der Waals surface area contributed by atoms with Gasteiger partial charge in [-0.15, -0.1) is 0 Å². The summed E-state index contributed by atoms with van der Waals surface area (Å²) in [5.74, 6) is 1.14. The van der Waals surface area contributed by atoms with Gasteiger partial charge in [0.25, 0.3) is 5.91 Å². The number of hydrogen-bond donors (Lipinski definition) is 1. The van der Waals surface area contributed by atoms with E-state index in [0.29, 0.717) is 24.6 Å². The summed E-state index contributed by atoms with van der Waals surface area (Å²) in [6.45, 7) is 2.95. The smallest absolute Gasteiger partial charge is 0.257 e. The molecule has 1 aliphatic heterocycles. The highest BCUT2D eigenvalue weighted by molar-refractivity contribution is 6.04. The van der Waals surface area contributed by atoms with Crippen LogP contribution >= 0.6 is 0 Å². The second-order valence-electron chi connectivity index (χ2n) is 4.67. The summed E-state index contributed by atoms with van der Waals surface area (Å²) >= 11 is 0. The van der Waals surface area contributed by atoms with E-state index >= 15 is 0 Å². The molecule has 6 heteroatoms. The second kappa shape index (κ2) is 6.32. The average molecular weight is 284 g/mol. The quantitative estimate of drug-likeness (QED) is 0.926. The highest BCUT2D eigenvalue weighted by Crippen LogP contribution is 2.15. The maximum absolute atomic E-state index is 12.2. The summed E-state index contributed by atoms with van der Waals surface area (Å²) in [6.07, 6.45) is 3.29. The fourth-order valence-corrected chi connectivity index (χ4v) is 2.15. The van der Waals surface area contributed by atoms with Crippen molar-refractivity contribution < 1.29 is 9.53 Å².